The zero-order valence-corrected chi connectivity index (χ0v) is 15.9. The minimum Gasteiger partial charge on any atom is -0.440 e. The zero-order chi connectivity index (χ0) is 21.8. The number of esters is 4. The maximum Gasteiger partial charge on any atom is 0.324 e. The molecule has 0 aliphatic rings. The smallest absolute Gasteiger partial charge is 0.324 e. The lowest BCUT2D eigenvalue weighted by molar-refractivity contribution is -0.165. The van der Waals surface area contributed by atoms with E-state index in [1.54, 1.807) is 48.5 Å². The Hall–Kier alpha value is -4.34. The molecule has 2 aromatic carbocycles. The molecule has 10 heteroatoms. The fourth-order valence-electron chi connectivity index (χ4n) is 2.75. The average molecular weight is 422 g/mol. The summed E-state index contributed by atoms with van der Waals surface area (Å²) in [7, 11) is 0. The summed E-state index contributed by atoms with van der Waals surface area (Å²) < 4.78 is 19.8. The van der Waals surface area contributed by atoms with E-state index >= 15 is 0 Å². The number of aromatic nitrogens is 2. The number of rotatable bonds is 6. The fourth-order valence-corrected chi connectivity index (χ4v) is 2.75. The molecule has 2 heterocycles. The lowest BCUT2D eigenvalue weighted by atomic mass is 10.3. The Labute approximate surface area is 173 Å². The summed E-state index contributed by atoms with van der Waals surface area (Å²) >= 11 is 0. The lowest BCUT2D eigenvalue weighted by Crippen LogP contribution is -2.21. The van der Waals surface area contributed by atoms with Gasteiger partial charge < -0.3 is 18.3 Å². The molecule has 0 N–H and O–H groups in total. The van der Waals surface area contributed by atoms with Crippen LogP contribution in [0, 0.1) is 0 Å². The molecule has 0 radical (unpaired) electrons. The highest BCUT2D eigenvalue weighted by molar-refractivity contribution is 5.99. The van der Waals surface area contributed by atoms with Crippen LogP contribution in [-0.2, 0) is 41.5 Å². The molecule has 0 saturated heterocycles. The second-order valence-corrected chi connectivity index (χ2v) is 6.37. The van der Waals surface area contributed by atoms with Gasteiger partial charge in [0, 0.05) is 0 Å². The third-order valence-electron chi connectivity index (χ3n) is 4.01. The van der Waals surface area contributed by atoms with Crippen molar-refractivity contribution in [2.75, 3.05) is 0 Å². The van der Waals surface area contributed by atoms with E-state index in [9.17, 15) is 19.2 Å². The molecule has 0 fully saturated rings. The molecule has 0 atom stereocenters. The Morgan fingerprint density at radius 3 is 1.48 bits per heavy atom. The van der Waals surface area contributed by atoms with Gasteiger partial charge in [0.2, 0.25) is 11.8 Å². The van der Waals surface area contributed by atoms with Crippen LogP contribution >= 0.6 is 0 Å². The van der Waals surface area contributed by atoms with Gasteiger partial charge in [0.1, 0.15) is 30.3 Å². The van der Waals surface area contributed by atoms with Gasteiger partial charge in [-0.15, -0.1) is 0 Å². The molecule has 4 aromatic rings. The summed E-state index contributed by atoms with van der Waals surface area (Å²) in [5.41, 5.74) is 2.07. The molecular formula is C21H14N2O8. The molecule has 0 unspecified atom stereocenters. The van der Waals surface area contributed by atoms with Crippen molar-refractivity contribution in [3.05, 3.63) is 60.3 Å². The van der Waals surface area contributed by atoms with Gasteiger partial charge in [0.25, 0.3) is 0 Å². The van der Waals surface area contributed by atoms with Crippen molar-refractivity contribution in [1.29, 1.82) is 0 Å². The predicted octanol–water partition coefficient (Wildman–Crippen LogP) is 2.28. The van der Waals surface area contributed by atoms with Crippen molar-refractivity contribution in [2.45, 2.75) is 19.3 Å². The summed E-state index contributed by atoms with van der Waals surface area (Å²) in [5, 5.41) is 0. The number of carbonyl (C=O) groups is 4. The van der Waals surface area contributed by atoms with Crippen molar-refractivity contribution in [2.24, 2.45) is 0 Å². The van der Waals surface area contributed by atoms with Gasteiger partial charge in [0.05, 0.1) is 0 Å². The number of para-hydroxylation sites is 4. The van der Waals surface area contributed by atoms with Gasteiger partial charge in [-0.25, -0.2) is 9.97 Å². The minimum absolute atomic E-state index is 0.0649. The quantitative estimate of drug-likeness (QED) is 0.336. The van der Waals surface area contributed by atoms with Crippen molar-refractivity contribution in [1.82, 2.24) is 9.97 Å². The second-order valence-electron chi connectivity index (χ2n) is 6.37. The number of fused-ring (bicyclic) bond motifs is 2. The highest BCUT2D eigenvalue weighted by Crippen LogP contribution is 2.16. The van der Waals surface area contributed by atoms with E-state index in [1.807, 2.05) is 0 Å². The summed E-state index contributed by atoms with van der Waals surface area (Å²) in [6.07, 6.45) is -1.71. The summed E-state index contributed by atoms with van der Waals surface area (Å²) in [6.45, 7) is 0. The average Bonchev–Trinajstić information content (AvgIpc) is 3.29. The molecule has 0 spiro atoms. The first-order chi connectivity index (χ1) is 15.0. The lowest BCUT2D eigenvalue weighted by Gasteiger charge is -2.02. The van der Waals surface area contributed by atoms with E-state index in [1.165, 1.54) is 0 Å². The summed E-state index contributed by atoms with van der Waals surface area (Å²) in [6, 6.07) is 13.8. The molecule has 0 aliphatic heterocycles. The standard InChI is InChI=1S/C21H14N2O8/c24-18(9-16-22-12-5-1-3-7-14(12)28-16)30-20(26)11-21(27)31-19(25)10-17-23-13-6-2-4-8-15(13)29-17/h1-8H,9-11H2. The Morgan fingerprint density at radius 2 is 1.06 bits per heavy atom. The molecule has 0 amide bonds. The third kappa shape index (κ3) is 4.99. The van der Waals surface area contributed by atoms with Gasteiger partial charge in [-0.1, -0.05) is 24.3 Å². The minimum atomic E-state index is -1.17. The number of benzene rings is 2. The van der Waals surface area contributed by atoms with E-state index in [0.29, 0.717) is 22.2 Å². The van der Waals surface area contributed by atoms with Crippen LogP contribution in [0.25, 0.3) is 22.2 Å². The first-order valence-electron chi connectivity index (χ1n) is 9.12. The van der Waals surface area contributed by atoms with Gasteiger partial charge in [0.15, 0.2) is 11.2 Å². The Morgan fingerprint density at radius 1 is 0.645 bits per heavy atom. The summed E-state index contributed by atoms with van der Waals surface area (Å²) in [5.74, 6) is -4.11. The Balaban J connectivity index is 1.24. The molecule has 0 bridgehead atoms. The number of carbonyl (C=O) groups excluding carboxylic acids is 4. The zero-order valence-electron chi connectivity index (χ0n) is 15.9. The van der Waals surface area contributed by atoms with Crippen LogP contribution in [0.5, 0.6) is 0 Å². The fraction of sp³-hybridized carbons (Fsp3) is 0.143. The predicted molar refractivity (Wildman–Crippen MR) is 102 cm³/mol. The molecule has 156 valence electrons. The van der Waals surface area contributed by atoms with E-state index in [4.69, 9.17) is 8.83 Å². The van der Waals surface area contributed by atoms with Crippen LogP contribution < -0.4 is 0 Å². The third-order valence-corrected chi connectivity index (χ3v) is 4.01. The monoisotopic (exact) mass is 422 g/mol. The van der Waals surface area contributed by atoms with Crippen molar-refractivity contribution >= 4 is 46.1 Å². The van der Waals surface area contributed by atoms with E-state index in [2.05, 4.69) is 19.4 Å². The number of ether oxygens (including phenoxy) is 2. The van der Waals surface area contributed by atoms with Crippen molar-refractivity contribution < 1.29 is 37.5 Å². The first-order valence-corrected chi connectivity index (χ1v) is 9.12. The molecule has 31 heavy (non-hydrogen) atoms. The number of nitrogens with zero attached hydrogens (tertiary/aromatic N) is 2. The van der Waals surface area contributed by atoms with E-state index in [-0.39, 0.29) is 11.8 Å². The highest BCUT2D eigenvalue weighted by atomic mass is 16.6. The van der Waals surface area contributed by atoms with Crippen LogP contribution in [0.4, 0.5) is 0 Å². The normalized spacial score (nSPS) is 10.8. The largest absolute Gasteiger partial charge is 0.440 e. The van der Waals surface area contributed by atoms with Crippen LogP contribution in [0.3, 0.4) is 0 Å². The first kappa shape index (κ1) is 20.0. The highest BCUT2D eigenvalue weighted by Gasteiger charge is 2.21. The van der Waals surface area contributed by atoms with Crippen LogP contribution in [0.1, 0.15) is 18.2 Å². The Kier molecular flexibility index (Phi) is 5.52. The van der Waals surface area contributed by atoms with Crippen LogP contribution in [0.15, 0.2) is 57.4 Å². The molecule has 4 rings (SSSR count). The Bertz CT molecular complexity index is 1140. The van der Waals surface area contributed by atoms with Crippen molar-refractivity contribution in [3.63, 3.8) is 0 Å². The SMILES string of the molecule is O=C(CC(=O)OC(=O)Cc1nc2ccccc2o1)OC(=O)Cc1nc2ccccc2o1. The van der Waals surface area contributed by atoms with Gasteiger partial charge in [-0.3, -0.25) is 19.2 Å². The molecule has 10 nitrogen and oxygen atoms in total. The maximum absolute atomic E-state index is 11.8. The number of hydrogen-bond acceptors (Lipinski definition) is 10. The molecule has 0 saturated carbocycles. The molecule has 0 aliphatic carbocycles. The van der Waals surface area contributed by atoms with E-state index < -0.39 is 43.1 Å². The topological polar surface area (TPSA) is 139 Å². The molecule has 2 aromatic heterocycles. The van der Waals surface area contributed by atoms with Gasteiger partial charge in [-0.2, -0.15) is 0 Å². The van der Waals surface area contributed by atoms with Crippen LogP contribution in [0.2, 0.25) is 0 Å². The van der Waals surface area contributed by atoms with Gasteiger partial charge in [-0.05, 0) is 24.3 Å². The van der Waals surface area contributed by atoms with Crippen LogP contribution in [-0.4, -0.2) is 33.8 Å². The number of hydrogen-bond donors (Lipinski definition) is 0. The molecular weight excluding hydrogens is 408 g/mol. The summed E-state index contributed by atoms with van der Waals surface area (Å²) in [4.78, 5) is 55.4. The number of oxazole rings is 2. The maximum atomic E-state index is 11.8. The van der Waals surface area contributed by atoms with E-state index in [0.717, 1.165) is 0 Å². The van der Waals surface area contributed by atoms with Crippen molar-refractivity contribution in [3.8, 4) is 0 Å². The van der Waals surface area contributed by atoms with Gasteiger partial charge >= 0.3 is 23.9 Å². The second kappa shape index (κ2) is 8.57.